The molecule has 2 aromatic heterocycles. The Morgan fingerprint density at radius 2 is 1.71 bits per heavy atom. The van der Waals surface area contributed by atoms with Crippen LogP contribution in [0.15, 0.2) is 49.1 Å². The molecule has 3 aromatic rings. The van der Waals surface area contributed by atoms with E-state index < -0.39 is 11.6 Å². The molecular formula is C13H8F2N2. The Balaban J connectivity index is 2.19. The summed E-state index contributed by atoms with van der Waals surface area (Å²) < 4.78 is 28.0. The average molecular weight is 230 g/mol. The molecule has 0 aliphatic carbocycles. The van der Waals surface area contributed by atoms with E-state index in [1.165, 1.54) is 12.1 Å². The van der Waals surface area contributed by atoms with Gasteiger partial charge < -0.3 is 4.40 Å². The number of hydrogen-bond donors (Lipinski definition) is 0. The lowest BCUT2D eigenvalue weighted by Gasteiger charge is -2.03. The summed E-state index contributed by atoms with van der Waals surface area (Å²) >= 11 is 0. The zero-order chi connectivity index (χ0) is 11.8. The molecule has 0 atom stereocenters. The highest BCUT2D eigenvalue weighted by atomic mass is 19.1. The van der Waals surface area contributed by atoms with Crippen molar-refractivity contribution in [2.24, 2.45) is 0 Å². The second kappa shape index (κ2) is 3.66. The van der Waals surface area contributed by atoms with Crippen molar-refractivity contribution in [1.29, 1.82) is 0 Å². The number of pyridine rings is 1. The first-order valence-electron chi connectivity index (χ1n) is 5.10. The molecule has 0 N–H and O–H groups in total. The predicted molar refractivity (Wildman–Crippen MR) is 60.5 cm³/mol. The summed E-state index contributed by atoms with van der Waals surface area (Å²) in [6.45, 7) is 0. The van der Waals surface area contributed by atoms with Crippen molar-refractivity contribution in [1.82, 2.24) is 9.38 Å². The van der Waals surface area contributed by atoms with Crippen molar-refractivity contribution in [3.05, 3.63) is 60.7 Å². The zero-order valence-corrected chi connectivity index (χ0v) is 8.77. The SMILES string of the molecule is Fc1cc(F)cc(-c2ccc3cncn3c2)c1. The monoisotopic (exact) mass is 230 g/mol. The molecule has 1 aromatic carbocycles. The van der Waals surface area contributed by atoms with Crippen LogP contribution in [0.5, 0.6) is 0 Å². The standard InChI is InChI=1S/C13H8F2N2/c14-11-3-10(4-12(15)5-11)9-1-2-13-6-16-8-17(13)7-9/h1-8H. The molecule has 17 heavy (non-hydrogen) atoms. The van der Waals surface area contributed by atoms with Gasteiger partial charge in [0.15, 0.2) is 0 Å². The number of hydrogen-bond acceptors (Lipinski definition) is 1. The maximum Gasteiger partial charge on any atom is 0.126 e. The van der Waals surface area contributed by atoms with Gasteiger partial charge in [-0.1, -0.05) is 6.07 Å². The van der Waals surface area contributed by atoms with Crippen molar-refractivity contribution < 1.29 is 8.78 Å². The van der Waals surface area contributed by atoms with Crippen LogP contribution in [0, 0.1) is 11.6 Å². The molecule has 0 unspecified atom stereocenters. The third kappa shape index (κ3) is 1.78. The smallest absolute Gasteiger partial charge is 0.126 e. The van der Waals surface area contributed by atoms with Gasteiger partial charge in [0, 0.05) is 12.3 Å². The molecule has 4 heteroatoms. The lowest BCUT2D eigenvalue weighted by atomic mass is 10.1. The largest absolute Gasteiger partial charge is 0.306 e. The zero-order valence-electron chi connectivity index (χ0n) is 8.77. The van der Waals surface area contributed by atoms with E-state index in [2.05, 4.69) is 4.98 Å². The highest BCUT2D eigenvalue weighted by molar-refractivity contribution is 5.65. The first kappa shape index (κ1) is 9.96. The molecule has 0 fully saturated rings. The van der Waals surface area contributed by atoms with Gasteiger partial charge in [0.1, 0.15) is 11.6 Å². The second-order valence-corrected chi connectivity index (χ2v) is 3.80. The Bertz CT molecular complexity index is 668. The normalized spacial score (nSPS) is 10.9. The molecule has 2 nitrogen and oxygen atoms in total. The van der Waals surface area contributed by atoms with Crippen LogP contribution < -0.4 is 0 Å². The molecule has 2 heterocycles. The van der Waals surface area contributed by atoms with Crippen LogP contribution in [-0.2, 0) is 0 Å². The molecule has 0 saturated heterocycles. The van der Waals surface area contributed by atoms with Gasteiger partial charge in [-0.25, -0.2) is 13.8 Å². The molecule has 0 aliphatic rings. The number of imidazole rings is 1. The second-order valence-electron chi connectivity index (χ2n) is 3.80. The number of rotatable bonds is 1. The average Bonchev–Trinajstić information content (AvgIpc) is 2.74. The third-order valence-electron chi connectivity index (χ3n) is 2.60. The van der Waals surface area contributed by atoms with E-state index in [0.717, 1.165) is 17.1 Å². The van der Waals surface area contributed by atoms with E-state index in [1.54, 1.807) is 23.1 Å². The molecule has 3 rings (SSSR count). The summed E-state index contributed by atoms with van der Waals surface area (Å²) in [6.07, 6.45) is 5.15. The highest BCUT2D eigenvalue weighted by Crippen LogP contribution is 2.22. The Hall–Kier alpha value is -2.23. The number of benzene rings is 1. The molecule has 0 bridgehead atoms. The predicted octanol–water partition coefficient (Wildman–Crippen LogP) is 3.28. The Morgan fingerprint density at radius 1 is 0.941 bits per heavy atom. The minimum atomic E-state index is -0.578. The van der Waals surface area contributed by atoms with Crippen LogP contribution >= 0.6 is 0 Å². The molecule has 0 saturated carbocycles. The summed E-state index contributed by atoms with van der Waals surface area (Å²) in [5.74, 6) is -1.16. The van der Waals surface area contributed by atoms with Gasteiger partial charge in [-0.05, 0) is 29.3 Å². The lowest BCUT2D eigenvalue weighted by molar-refractivity contribution is 0.584. The van der Waals surface area contributed by atoms with Gasteiger partial charge in [-0.2, -0.15) is 0 Å². The van der Waals surface area contributed by atoms with E-state index in [4.69, 9.17) is 0 Å². The fraction of sp³-hybridized carbons (Fsp3) is 0. The maximum absolute atomic E-state index is 13.1. The molecular weight excluding hydrogens is 222 g/mol. The lowest BCUT2D eigenvalue weighted by Crippen LogP contribution is -1.87. The Morgan fingerprint density at radius 3 is 2.47 bits per heavy atom. The summed E-state index contributed by atoms with van der Waals surface area (Å²) in [4.78, 5) is 3.99. The Labute approximate surface area is 96.2 Å². The summed E-state index contributed by atoms with van der Waals surface area (Å²) in [5.41, 5.74) is 2.19. The molecule has 0 aliphatic heterocycles. The molecule has 0 spiro atoms. The minimum absolute atomic E-state index is 0.512. The van der Waals surface area contributed by atoms with Crippen molar-refractivity contribution in [2.75, 3.05) is 0 Å². The van der Waals surface area contributed by atoms with Gasteiger partial charge in [0.05, 0.1) is 18.0 Å². The van der Waals surface area contributed by atoms with Crippen molar-refractivity contribution >= 4 is 5.52 Å². The molecule has 0 amide bonds. The molecule has 0 radical (unpaired) electrons. The number of nitrogens with zero attached hydrogens (tertiary/aromatic N) is 2. The van der Waals surface area contributed by atoms with Gasteiger partial charge in [-0.15, -0.1) is 0 Å². The van der Waals surface area contributed by atoms with Crippen LogP contribution in [0.2, 0.25) is 0 Å². The number of fused-ring (bicyclic) bond motifs is 1. The first-order chi connectivity index (χ1) is 8.22. The van der Waals surface area contributed by atoms with Crippen LogP contribution in [0.1, 0.15) is 0 Å². The van der Waals surface area contributed by atoms with Crippen LogP contribution in [0.3, 0.4) is 0 Å². The van der Waals surface area contributed by atoms with E-state index in [1.807, 2.05) is 12.1 Å². The summed E-state index contributed by atoms with van der Waals surface area (Å²) in [7, 11) is 0. The molecule has 84 valence electrons. The highest BCUT2D eigenvalue weighted by Gasteiger charge is 2.04. The van der Waals surface area contributed by atoms with E-state index in [0.29, 0.717) is 5.56 Å². The number of halogens is 2. The van der Waals surface area contributed by atoms with Crippen molar-refractivity contribution in [2.45, 2.75) is 0 Å². The maximum atomic E-state index is 13.1. The van der Waals surface area contributed by atoms with Gasteiger partial charge >= 0.3 is 0 Å². The minimum Gasteiger partial charge on any atom is -0.306 e. The van der Waals surface area contributed by atoms with Gasteiger partial charge in [0.25, 0.3) is 0 Å². The van der Waals surface area contributed by atoms with Crippen molar-refractivity contribution in [3.8, 4) is 11.1 Å². The Kier molecular flexibility index (Phi) is 2.14. The fourth-order valence-electron chi connectivity index (χ4n) is 1.81. The van der Waals surface area contributed by atoms with Crippen LogP contribution in [0.4, 0.5) is 8.78 Å². The van der Waals surface area contributed by atoms with Gasteiger partial charge in [-0.3, -0.25) is 0 Å². The van der Waals surface area contributed by atoms with Crippen LogP contribution in [-0.4, -0.2) is 9.38 Å². The summed E-state index contributed by atoms with van der Waals surface area (Å²) in [5, 5.41) is 0. The van der Waals surface area contributed by atoms with E-state index in [9.17, 15) is 8.78 Å². The topological polar surface area (TPSA) is 17.3 Å². The van der Waals surface area contributed by atoms with Crippen LogP contribution in [0.25, 0.3) is 16.6 Å². The van der Waals surface area contributed by atoms with E-state index >= 15 is 0 Å². The quantitative estimate of drug-likeness (QED) is 0.627. The third-order valence-corrected chi connectivity index (χ3v) is 2.60. The van der Waals surface area contributed by atoms with Gasteiger partial charge in [0.2, 0.25) is 0 Å². The fourth-order valence-corrected chi connectivity index (χ4v) is 1.81. The van der Waals surface area contributed by atoms with Crippen molar-refractivity contribution in [3.63, 3.8) is 0 Å². The first-order valence-corrected chi connectivity index (χ1v) is 5.10. The summed E-state index contributed by atoms with van der Waals surface area (Å²) in [6, 6.07) is 7.14. The van der Waals surface area contributed by atoms with E-state index in [-0.39, 0.29) is 0 Å². The number of aromatic nitrogens is 2.